The van der Waals surface area contributed by atoms with Crippen LogP contribution in [0.3, 0.4) is 0 Å². The van der Waals surface area contributed by atoms with Crippen LogP contribution in [0.2, 0.25) is 5.02 Å². The fourth-order valence-corrected chi connectivity index (χ4v) is 4.17. The average molecular weight is 528 g/mol. The molecule has 3 aromatic carbocycles. The van der Waals surface area contributed by atoms with Crippen molar-refractivity contribution in [2.45, 2.75) is 6.61 Å². The molecule has 0 aliphatic carbocycles. The topological polar surface area (TPSA) is 95.9 Å². The second kappa shape index (κ2) is 9.48. The molecule has 1 aliphatic heterocycles. The summed E-state index contributed by atoms with van der Waals surface area (Å²) in [6.07, 6.45) is 1.46. The second-order valence-electron chi connectivity index (χ2n) is 7.08. The number of carboxylic acid groups (broad SMARTS) is 1. The maximum atomic E-state index is 12.8. The van der Waals surface area contributed by atoms with Crippen molar-refractivity contribution in [2.75, 3.05) is 5.01 Å². The number of halogens is 2. The predicted octanol–water partition coefficient (Wildman–Crippen LogP) is 4.84. The lowest BCUT2D eigenvalue weighted by atomic mass is 10.1. The molecular formula is C24H16BrClN2O5. The van der Waals surface area contributed by atoms with E-state index in [0.717, 1.165) is 5.56 Å². The van der Waals surface area contributed by atoms with Crippen LogP contribution in [0.5, 0.6) is 5.75 Å². The molecule has 2 amide bonds. The van der Waals surface area contributed by atoms with E-state index in [1.54, 1.807) is 48.5 Å². The Labute approximate surface area is 202 Å². The van der Waals surface area contributed by atoms with Crippen molar-refractivity contribution in [3.05, 3.63) is 98.5 Å². The number of benzene rings is 3. The molecule has 0 atom stereocenters. The number of anilines is 1. The zero-order valence-corrected chi connectivity index (χ0v) is 19.3. The predicted molar refractivity (Wildman–Crippen MR) is 127 cm³/mol. The monoisotopic (exact) mass is 526 g/mol. The normalized spacial score (nSPS) is 14.5. The van der Waals surface area contributed by atoms with Crippen LogP contribution in [-0.2, 0) is 16.2 Å². The lowest BCUT2D eigenvalue weighted by molar-refractivity contribution is -0.117. The molecule has 0 spiro atoms. The highest BCUT2D eigenvalue weighted by atomic mass is 79.9. The van der Waals surface area contributed by atoms with Crippen LogP contribution in [0.1, 0.15) is 21.5 Å². The third-order valence-electron chi connectivity index (χ3n) is 4.82. The van der Waals surface area contributed by atoms with Gasteiger partial charge in [-0.1, -0.05) is 41.9 Å². The van der Waals surface area contributed by atoms with Gasteiger partial charge in [0.15, 0.2) is 5.75 Å². The Morgan fingerprint density at radius 1 is 1.09 bits per heavy atom. The molecule has 1 heterocycles. The zero-order chi connectivity index (χ0) is 23.5. The molecule has 2 N–H and O–H groups in total. The van der Waals surface area contributed by atoms with Gasteiger partial charge in [0, 0.05) is 0 Å². The molecule has 7 nitrogen and oxygen atoms in total. The Morgan fingerprint density at radius 3 is 2.42 bits per heavy atom. The molecule has 0 saturated carbocycles. The van der Waals surface area contributed by atoms with Gasteiger partial charge < -0.3 is 9.84 Å². The number of carboxylic acids is 1. The third-order valence-corrected chi connectivity index (χ3v) is 5.69. The zero-order valence-electron chi connectivity index (χ0n) is 16.9. The minimum Gasteiger partial charge on any atom is -0.486 e. The van der Waals surface area contributed by atoms with Gasteiger partial charge in [-0.15, -0.1) is 0 Å². The standard InChI is InChI=1S/C24H16BrClN2O5/c25-19-11-15(10-18-22(29)27-28(23(18)30)17-4-2-1-3-5-17)12-20(26)21(19)33-13-14-6-8-16(9-7-14)24(31)32/h1-12H,13H2,(H,27,29)(H,31,32)/b18-10-. The van der Waals surface area contributed by atoms with Crippen LogP contribution in [0.4, 0.5) is 5.69 Å². The van der Waals surface area contributed by atoms with Gasteiger partial charge in [-0.3, -0.25) is 15.0 Å². The summed E-state index contributed by atoms with van der Waals surface area (Å²) < 4.78 is 6.33. The maximum absolute atomic E-state index is 12.8. The Bertz CT molecular complexity index is 1250. The first-order chi connectivity index (χ1) is 15.8. The molecule has 0 radical (unpaired) electrons. The minimum absolute atomic E-state index is 0.0194. The highest BCUT2D eigenvalue weighted by Gasteiger charge is 2.34. The molecule has 0 unspecified atom stereocenters. The fourth-order valence-electron chi connectivity index (χ4n) is 3.18. The van der Waals surface area contributed by atoms with Crippen LogP contribution in [-0.4, -0.2) is 22.9 Å². The molecule has 0 aromatic heterocycles. The van der Waals surface area contributed by atoms with Crippen molar-refractivity contribution in [1.82, 2.24) is 5.43 Å². The van der Waals surface area contributed by atoms with E-state index in [4.69, 9.17) is 21.4 Å². The Balaban J connectivity index is 1.52. The number of nitrogens with one attached hydrogen (secondary N) is 1. The number of nitrogens with zero attached hydrogens (tertiary/aromatic N) is 1. The van der Waals surface area contributed by atoms with Gasteiger partial charge in [0.05, 0.1) is 20.7 Å². The first-order valence-electron chi connectivity index (χ1n) is 9.70. The molecule has 166 valence electrons. The number of hydrogen-bond acceptors (Lipinski definition) is 4. The molecule has 3 aromatic rings. The van der Waals surface area contributed by atoms with Gasteiger partial charge >= 0.3 is 5.97 Å². The van der Waals surface area contributed by atoms with E-state index in [-0.39, 0.29) is 22.8 Å². The molecule has 1 aliphatic rings. The number of hydrazine groups is 1. The number of rotatable bonds is 6. The highest BCUT2D eigenvalue weighted by molar-refractivity contribution is 9.10. The molecule has 1 saturated heterocycles. The van der Waals surface area contributed by atoms with Crippen LogP contribution in [0, 0.1) is 0 Å². The summed E-state index contributed by atoms with van der Waals surface area (Å²) in [5.41, 5.74) is 4.58. The Morgan fingerprint density at radius 2 is 1.79 bits per heavy atom. The summed E-state index contributed by atoms with van der Waals surface area (Å²) in [6.45, 7) is 0.172. The summed E-state index contributed by atoms with van der Waals surface area (Å²) in [5.74, 6) is -1.60. The fraction of sp³-hybridized carbons (Fsp3) is 0.0417. The average Bonchev–Trinajstić information content (AvgIpc) is 3.08. The number of hydrogen-bond donors (Lipinski definition) is 2. The summed E-state index contributed by atoms with van der Waals surface area (Å²) in [6, 6.07) is 18.4. The van der Waals surface area contributed by atoms with E-state index in [2.05, 4.69) is 21.4 Å². The van der Waals surface area contributed by atoms with Crippen LogP contribution in [0.15, 0.2) is 76.8 Å². The lowest BCUT2D eigenvalue weighted by Crippen LogP contribution is -2.35. The quantitative estimate of drug-likeness (QED) is 0.353. The van der Waals surface area contributed by atoms with Crippen LogP contribution in [0.25, 0.3) is 6.08 Å². The number of amides is 2. The molecule has 9 heteroatoms. The van der Waals surface area contributed by atoms with Crippen molar-refractivity contribution < 1.29 is 24.2 Å². The van der Waals surface area contributed by atoms with E-state index < -0.39 is 17.8 Å². The number of para-hydroxylation sites is 1. The third kappa shape index (κ3) is 4.92. The number of carbonyl (C=O) groups is 3. The van der Waals surface area contributed by atoms with E-state index in [1.807, 2.05) is 6.07 Å². The van der Waals surface area contributed by atoms with Crippen molar-refractivity contribution in [1.29, 1.82) is 0 Å². The number of carbonyl (C=O) groups excluding carboxylic acids is 2. The van der Waals surface area contributed by atoms with Gasteiger partial charge in [-0.05, 0) is 69.5 Å². The summed E-state index contributed by atoms with van der Waals surface area (Å²) in [7, 11) is 0. The molecule has 1 fully saturated rings. The van der Waals surface area contributed by atoms with Gasteiger partial charge in [-0.2, -0.15) is 0 Å². The lowest BCUT2D eigenvalue weighted by Gasteiger charge is -2.14. The summed E-state index contributed by atoms with van der Waals surface area (Å²) in [4.78, 5) is 36.1. The second-order valence-corrected chi connectivity index (χ2v) is 8.34. The molecule has 0 bridgehead atoms. The minimum atomic E-state index is -1.00. The summed E-state index contributed by atoms with van der Waals surface area (Å²) >= 11 is 9.81. The van der Waals surface area contributed by atoms with E-state index in [0.29, 0.717) is 21.5 Å². The van der Waals surface area contributed by atoms with Crippen molar-refractivity contribution in [2.24, 2.45) is 0 Å². The van der Waals surface area contributed by atoms with Gasteiger partial charge in [0.1, 0.15) is 12.2 Å². The van der Waals surface area contributed by atoms with Gasteiger partial charge in [-0.25, -0.2) is 9.80 Å². The Hall–Kier alpha value is -3.62. The van der Waals surface area contributed by atoms with Crippen molar-refractivity contribution >= 4 is 57.1 Å². The van der Waals surface area contributed by atoms with Crippen molar-refractivity contribution in [3.8, 4) is 5.75 Å². The molecular weight excluding hydrogens is 512 g/mol. The smallest absolute Gasteiger partial charge is 0.335 e. The van der Waals surface area contributed by atoms with Crippen molar-refractivity contribution in [3.63, 3.8) is 0 Å². The van der Waals surface area contributed by atoms with Crippen LogP contribution < -0.4 is 15.2 Å². The van der Waals surface area contributed by atoms with Crippen LogP contribution >= 0.6 is 27.5 Å². The first-order valence-corrected chi connectivity index (χ1v) is 10.9. The molecule has 33 heavy (non-hydrogen) atoms. The SMILES string of the molecule is O=C1NN(c2ccccc2)C(=O)/C1=C\c1cc(Cl)c(OCc2ccc(C(=O)O)cc2)c(Br)c1. The largest absolute Gasteiger partial charge is 0.486 e. The van der Waals surface area contributed by atoms with E-state index >= 15 is 0 Å². The number of aromatic carboxylic acids is 1. The van der Waals surface area contributed by atoms with Gasteiger partial charge in [0.2, 0.25) is 0 Å². The summed E-state index contributed by atoms with van der Waals surface area (Å²) in [5, 5.41) is 10.5. The molecule has 4 rings (SSSR count). The highest BCUT2D eigenvalue weighted by Crippen LogP contribution is 2.36. The Kier molecular flexibility index (Phi) is 6.48. The van der Waals surface area contributed by atoms with E-state index in [1.165, 1.54) is 23.2 Å². The first kappa shape index (κ1) is 22.6. The maximum Gasteiger partial charge on any atom is 0.335 e. The van der Waals surface area contributed by atoms with E-state index in [9.17, 15) is 14.4 Å². The number of ether oxygens (including phenoxy) is 1. The van der Waals surface area contributed by atoms with Gasteiger partial charge in [0.25, 0.3) is 11.8 Å².